The SMILES string of the molecule is COc1cccc([Si]CCCOCC(S)CS)c1OC. The van der Waals surface area contributed by atoms with Gasteiger partial charge < -0.3 is 14.2 Å². The number of ether oxygens (including phenoxy) is 3. The Balaban J connectivity index is 2.32. The van der Waals surface area contributed by atoms with Crippen LogP contribution in [0.25, 0.3) is 0 Å². The van der Waals surface area contributed by atoms with Crippen LogP contribution in [0.15, 0.2) is 18.2 Å². The van der Waals surface area contributed by atoms with Crippen molar-refractivity contribution >= 4 is 40.0 Å². The maximum absolute atomic E-state index is 5.55. The fourth-order valence-electron chi connectivity index (χ4n) is 1.70. The molecule has 0 aliphatic rings. The largest absolute Gasteiger partial charge is 0.493 e. The fraction of sp³-hybridized carbons (Fsp3) is 0.571. The predicted molar refractivity (Wildman–Crippen MR) is 91.8 cm³/mol. The quantitative estimate of drug-likeness (QED) is 0.391. The summed E-state index contributed by atoms with van der Waals surface area (Å²) in [5.41, 5.74) is 0. The van der Waals surface area contributed by atoms with E-state index in [1.165, 1.54) is 5.19 Å². The van der Waals surface area contributed by atoms with Crippen LogP contribution in [0.2, 0.25) is 6.04 Å². The number of methoxy groups -OCH3 is 2. The highest BCUT2D eigenvalue weighted by atomic mass is 32.1. The Morgan fingerprint density at radius 3 is 2.70 bits per heavy atom. The molecule has 0 fully saturated rings. The van der Waals surface area contributed by atoms with Gasteiger partial charge in [0.2, 0.25) is 0 Å². The molecule has 0 aliphatic carbocycles. The van der Waals surface area contributed by atoms with Gasteiger partial charge in [0.1, 0.15) is 0 Å². The lowest BCUT2D eigenvalue weighted by molar-refractivity contribution is 0.139. The molecule has 0 saturated heterocycles. The molecule has 1 aromatic rings. The summed E-state index contributed by atoms with van der Waals surface area (Å²) in [5.74, 6) is 2.38. The molecule has 1 aromatic carbocycles. The van der Waals surface area contributed by atoms with Crippen LogP contribution in [0.1, 0.15) is 6.42 Å². The lowest BCUT2D eigenvalue weighted by Gasteiger charge is -2.12. The van der Waals surface area contributed by atoms with Crippen LogP contribution in [0.3, 0.4) is 0 Å². The molecule has 0 saturated carbocycles. The lowest BCUT2D eigenvalue weighted by Crippen LogP contribution is -2.18. The number of para-hydroxylation sites is 1. The molecule has 2 radical (unpaired) electrons. The summed E-state index contributed by atoms with van der Waals surface area (Å²) in [6.45, 7) is 1.43. The Morgan fingerprint density at radius 1 is 1.25 bits per heavy atom. The molecule has 0 bridgehead atoms. The van der Waals surface area contributed by atoms with E-state index in [2.05, 4.69) is 31.3 Å². The van der Waals surface area contributed by atoms with E-state index in [0.29, 0.717) is 16.1 Å². The average Bonchev–Trinajstić information content (AvgIpc) is 2.49. The van der Waals surface area contributed by atoms with Gasteiger partial charge in [0.25, 0.3) is 0 Å². The molecule has 0 heterocycles. The van der Waals surface area contributed by atoms with Crippen molar-refractivity contribution in [2.75, 3.05) is 33.2 Å². The zero-order valence-electron chi connectivity index (χ0n) is 12.0. The maximum Gasteiger partial charge on any atom is 0.160 e. The minimum absolute atomic E-state index is 0.222. The standard InChI is InChI=1S/C14H22O3S2Si/c1-15-12-5-3-6-13(14(12)16-2)20-8-4-7-17-9-11(19)10-18/h3,5-6,11,18-19H,4,7-10H2,1-2H3. The van der Waals surface area contributed by atoms with E-state index in [0.717, 1.165) is 36.3 Å². The van der Waals surface area contributed by atoms with Crippen LogP contribution in [0, 0.1) is 0 Å². The normalized spacial score (nSPS) is 12.2. The van der Waals surface area contributed by atoms with Crippen molar-refractivity contribution in [3.05, 3.63) is 18.2 Å². The second kappa shape index (κ2) is 10.4. The van der Waals surface area contributed by atoms with Gasteiger partial charge in [-0.15, -0.1) is 0 Å². The molecule has 0 aliphatic heterocycles. The molecule has 1 atom stereocenters. The van der Waals surface area contributed by atoms with Gasteiger partial charge >= 0.3 is 0 Å². The van der Waals surface area contributed by atoms with Crippen molar-refractivity contribution in [1.82, 2.24) is 0 Å². The summed E-state index contributed by atoms with van der Waals surface area (Å²) >= 11 is 8.50. The summed E-state index contributed by atoms with van der Waals surface area (Å²) in [5, 5.41) is 1.42. The van der Waals surface area contributed by atoms with E-state index in [4.69, 9.17) is 14.2 Å². The Hall–Kier alpha value is -0.303. The summed E-state index contributed by atoms with van der Waals surface area (Å²) in [4.78, 5) is 0. The molecular weight excluding hydrogens is 308 g/mol. The van der Waals surface area contributed by atoms with Gasteiger partial charge in [-0.1, -0.05) is 18.2 Å². The molecule has 1 rings (SSSR count). The van der Waals surface area contributed by atoms with E-state index >= 15 is 0 Å². The van der Waals surface area contributed by atoms with Crippen LogP contribution in [-0.4, -0.2) is 48.0 Å². The highest BCUT2D eigenvalue weighted by molar-refractivity contribution is 7.84. The first-order chi connectivity index (χ1) is 9.72. The van der Waals surface area contributed by atoms with Crippen LogP contribution >= 0.6 is 25.3 Å². The Morgan fingerprint density at radius 2 is 2.05 bits per heavy atom. The van der Waals surface area contributed by atoms with Crippen LogP contribution in [-0.2, 0) is 4.74 Å². The third-order valence-corrected chi connectivity index (χ3v) is 5.14. The number of hydrogen-bond donors (Lipinski definition) is 2. The van der Waals surface area contributed by atoms with E-state index in [1.807, 2.05) is 12.1 Å². The van der Waals surface area contributed by atoms with Gasteiger partial charge in [0.15, 0.2) is 11.5 Å². The fourth-order valence-corrected chi connectivity index (χ4v) is 3.10. The molecule has 0 N–H and O–H groups in total. The monoisotopic (exact) mass is 330 g/mol. The van der Waals surface area contributed by atoms with Gasteiger partial charge in [-0.25, -0.2) is 0 Å². The lowest BCUT2D eigenvalue weighted by atomic mass is 10.3. The Kier molecular flexibility index (Phi) is 9.25. The zero-order chi connectivity index (χ0) is 14.8. The summed E-state index contributed by atoms with van der Waals surface area (Å²) in [7, 11) is 4.04. The number of rotatable bonds is 10. The maximum atomic E-state index is 5.55. The zero-order valence-corrected chi connectivity index (χ0v) is 14.8. The Labute approximate surface area is 135 Å². The summed E-state index contributed by atoms with van der Waals surface area (Å²) < 4.78 is 16.3. The molecule has 112 valence electrons. The van der Waals surface area contributed by atoms with E-state index in [-0.39, 0.29) is 5.25 Å². The highest BCUT2D eigenvalue weighted by Gasteiger charge is 2.09. The van der Waals surface area contributed by atoms with Gasteiger partial charge in [0.05, 0.1) is 30.3 Å². The van der Waals surface area contributed by atoms with E-state index in [9.17, 15) is 0 Å². The molecule has 20 heavy (non-hydrogen) atoms. The number of hydrogen-bond acceptors (Lipinski definition) is 5. The third-order valence-electron chi connectivity index (χ3n) is 2.70. The van der Waals surface area contributed by atoms with Crippen LogP contribution in [0.5, 0.6) is 11.5 Å². The van der Waals surface area contributed by atoms with Crippen molar-refractivity contribution in [2.24, 2.45) is 0 Å². The van der Waals surface area contributed by atoms with Crippen LogP contribution < -0.4 is 14.7 Å². The first-order valence-electron chi connectivity index (χ1n) is 6.54. The van der Waals surface area contributed by atoms with Crippen molar-refractivity contribution in [1.29, 1.82) is 0 Å². The minimum atomic E-state index is 0.222. The summed E-state index contributed by atoms with van der Waals surface area (Å²) in [6, 6.07) is 7.09. The van der Waals surface area contributed by atoms with Crippen molar-refractivity contribution in [2.45, 2.75) is 17.7 Å². The van der Waals surface area contributed by atoms with E-state index in [1.54, 1.807) is 14.2 Å². The van der Waals surface area contributed by atoms with Gasteiger partial charge in [0, 0.05) is 17.6 Å². The Bertz CT molecular complexity index is 391. The predicted octanol–water partition coefficient (Wildman–Crippen LogP) is 2.09. The topological polar surface area (TPSA) is 27.7 Å². The molecule has 0 spiro atoms. The van der Waals surface area contributed by atoms with E-state index < -0.39 is 0 Å². The molecule has 0 aromatic heterocycles. The summed E-state index contributed by atoms with van der Waals surface area (Å²) in [6.07, 6.45) is 1.03. The number of benzene rings is 1. The second-order valence-corrected chi connectivity index (χ2v) is 6.72. The molecular formula is C14H22O3S2Si. The minimum Gasteiger partial charge on any atom is -0.493 e. The van der Waals surface area contributed by atoms with Crippen molar-refractivity contribution in [3.63, 3.8) is 0 Å². The first-order valence-corrected chi connectivity index (χ1v) is 8.90. The van der Waals surface area contributed by atoms with Gasteiger partial charge in [-0.3, -0.25) is 0 Å². The average molecular weight is 331 g/mol. The van der Waals surface area contributed by atoms with Gasteiger partial charge in [-0.05, 0) is 17.7 Å². The van der Waals surface area contributed by atoms with Crippen LogP contribution in [0.4, 0.5) is 0 Å². The molecule has 6 heteroatoms. The highest BCUT2D eigenvalue weighted by Crippen LogP contribution is 2.23. The smallest absolute Gasteiger partial charge is 0.160 e. The molecule has 0 amide bonds. The van der Waals surface area contributed by atoms with Gasteiger partial charge in [-0.2, -0.15) is 25.3 Å². The third kappa shape index (κ3) is 5.99. The first kappa shape index (κ1) is 17.7. The molecule has 3 nitrogen and oxygen atoms in total. The molecule has 1 unspecified atom stereocenters. The van der Waals surface area contributed by atoms with Crippen molar-refractivity contribution < 1.29 is 14.2 Å². The second-order valence-electron chi connectivity index (χ2n) is 4.23. The number of thiol groups is 2. The van der Waals surface area contributed by atoms with Crippen molar-refractivity contribution in [3.8, 4) is 11.5 Å².